The maximum absolute atomic E-state index is 12.5. The summed E-state index contributed by atoms with van der Waals surface area (Å²) in [6, 6.07) is 8.75. The normalized spacial score (nSPS) is 19.7. The van der Waals surface area contributed by atoms with E-state index >= 15 is 0 Å². The third-order valence-electron chi connectivity index (χ3n) is 4.25. The summed E-state index contributed by atoms with van der Waals surface area (Å²) < 4.78 is 0. The molecule has 1 atom stereocenters. The van der Waals surface area contributed by atoms with Gasteiger partial charge in [-0.3, -0.25) is 4.79 Å². The lowest BCUT2D eigenvalue weighted by Crippen LogP contribution is -2.41. The van der Waals surface area contributed by atoms with Crippen LogP contribution in [0, 0.1) is 6.92 Å². The molecule has 1 amide bonds. The summed E-state index contributed by atoms with van der Waals surface area (Å²) in [5.74, 6) is 0.319. The van der Waals surface area contributed by atoms with Gasteiger partial charge < -0.3 is 4.90 Å². The van der Waals surface area contributed by atoms with E-state index in [0.29, 0.717) is 18.4 Å². The average Bonchev–Trinajstić information content (AvgIpc) is 2.71. The molecule has 0 radical (unpaired) electrons. The van der Waals surface area contributed by atoms with Crippen LogP contribution < -0.4 is 0 Å². The zero-order chi connectivity index (χ0) is 14.4. The topological polar surface area (TPSA) is 20.3 Å². The summed E-state index contributed by atoms with van der Waals surface area (Å²) in [7, 11) is 0. The van der Waals surface area contributed by atoms with Gasteiger partial charge in [-0.15, -0.1) is 0 Å². The van der Waals surface area contributed by atoms with Crippen molar-refractivity contribution in [3.63, 3.8) is 0 Å². The zero-order valence-electron chi connectivity index (χ0n) is 12.3. The highest BCUT2D eigenvalue weighted by atomic mass is 79.9. The zero-order valence-corrected chi connectivity index (χ0v) is 13.9. The average molecular weight is 338 g/mol. The van der Waals surface area contributed by atoms with Gasteiger partial charge in [0.25, 0.3) is 0 Å². The molecule has 1 unspecified atom stereocenters. The van der Waals surface area contributed by atoms with E-state index in [4.69, 9.17) is 0 Å². The highest BCUT2D eigenvalue weighted by molar-refractivity contribution is 9.09. The lowest BCUT2D eigenvalue weighted by Gasteiger charge is -2.29. The van der Waals surface area contributed by atoms with Gasteiger partial charge in [0.05, 0.1) is 0 Å². The van der Waals surface area contributed by atoms with E-state index in [1.807, 2.05) is 0 Å². The van der Waals surface area contributed by atoms with Crippen LogP contribution in [0.1, 0.15) is 43.2 Å². The Morgan fingerprint density at radius 3 is 2.85 bits per heavy atom. The molecular weight excluding hydrogens is 314 g/mol. The Kier molecular flexibility index (Phi) is 6.08. The van der Waals surface area contributed by atoms with E-state index in [1.165, 1.54) is 24.0 Å². The minimum Gasteiger partial charge on any atom is -0.339 e. The summed E-state index contributed by atoms with van der Waals surface area (Å²) in [4.78, 5) is 14.6. The summed E-state index contributed by atoms with van der Waals surface area (Å²) in [5.41, 5.74) is 2.58. The monoisotopic (exact) mass is 337 g/mol. The molecule has 0 N–H and O–H groups in total. The van der Waals surface area contributed by atoms with Gasteiger partial charge in [0.1, 0.15) is 0 Å². The molecule has 2 nitrogen and oxygen atoms in total. The minimum atomic E-state index is 0.319. The molecule has 1 heterocycles. The van der Waals surface area contributed by atoms with E-state index in [9.17, 15) is 4.79 Å². The van der Waals surface area contributed by atoms with E-state index < -0.39 is 0 Å². The van der Waals surface area contributed by atoms with Gasteiger partial charge >= 0.3 is 0 Å². The van der Waals surface area contributed by atoms with Crippen molar-refractivity contribution < 1.29 is 4.79 Å². The van der Waals surface area contributed by atoms with E-state index in [1.54, 1.807) is 0 Å². The maximum Gasteiger partial charge on any atom is 0.223 e. The largest absolute Gasteiger partial charge is 0.339 e. The summed E-state index contributed by atoms with van der Waals surface area (Å²) in [5, 5.41) is 0.906. The molecule has 20 heavy (non-hydrogen) atoms. The number of hydrogen-bond donors (Lipinski definition) is 0. The molecule has 1 fully saturated rings. The van der Waals surface area contributed by atoms with E-state index in [2.05, 4.69) is 52.0 Å². The molecule has 110 valence electrons. The molecule has 0 bridgehead atoms. The maximum atomic E-state index is 12.5. The second-order valence-electron chi connectivity index (χ2n) is 5.67. The molecule has 0 spiro atoms. The molecular formula is C17H24BrNO. The first-order chi connectivity index (χ1) is 9.72. The van der Waals surface area contributed by atoms with Gasteiger partial charge in [0.2, 0.25) is 5.91 Å². The van der Waals surface area contributed by atoms with E-state index in [-0.39, 0.29) is 0 Å². The Hall–Kier alpha value is -0.830. The Morgan fingerprint density at radius 2 is 2.10 bits per heavy atom. The summed E-state index contributed by atoms with van der Waals surface area (Å²) in [6.45, 7) is 3.05. The first kappa shape index (κ1) is 15.6. The van der Waals surface area contributed by atoms with Gasteiger partial charge in [-0.05, 0) is 37.3 Å². The highest BCUT2D eigenvalue weighted by Crippen LogP contribution is 2.20. The molecule has 1 aromatic rings. The van der Waals surface area contributed by atoms with Gasteiger partial charge in [-0.25, -0.2) is 0 Å². The third-order valence-corrected chi connectivity index (χ3v) is 4.99. The van der Waals surface area contributed by atoms with E-state index in [0.717, 1.165) is 31.1 Å². The van der Waals surface area contributed by atoms with Crippen LogP contribution in [-0.2, 0) is 11.2 Å². The Morgan fingerprint density at radius 1 is 1.30 bits per heavy atom. The number of carbonyl (C=O) groups is 1. The number of amides is 1. The van der Waals surface area contributed by atoms with Crippen molar-refractivity contribution in [3.05, 3.63) is 35.4 Å². The number of rotatable bonds is 4. The van der Waals surface area contributed by atoms with Gasteiger partial charge in [0, 0.05) is 24.3 Å². The van der Waals surface area contributed by atoms with Crippen LogP contribution in [0.3, 0.4) is 0 Å². The Balaban J connectivity index is 1.94. The molecule has 1 saturated heterocycles. The lowest BCUT2D eigenvalue weighted by molar-refractivity contribution is -0.132. The van der Waals surface area contributed by atoms with Gasteiger partial charge in [-0.2, -0.15) is 0 Å². The summed E-state index contributed by atoms with van der Waals surface area (Å²) in [6.07, 6.45) is 6.29. The number of hydrogen-bond acceptors (Lipinski definition) is 1. The Labute approximate surface area is 130 Å². The molecule has 1 aliphatic rings. The van der Waals surface area contributed by atoms with Crippen molar-refractivity contribution in [1.29, 1.82) is 0 Å². The molecule has 2 rings (SSSR count). The molecule has 0 saturated carbocycles. The SMILES string of the molecule is Cc1ccccc1CCC(=O)N1CCCCCC1CBr. The van der Waals surface area contributed by atoms with Crippen LogP contribution in [0.25, 0.3) is 0 Å². The fraction of sp³-hybridized carbons (Fsp3) is 0.588. The third kappa shape index (κ3) is 4.08. The number of carbonyl (C=O) groups excluding carboxylic acids is 1. The molecule has 1 aromatic carbocycles. The molecule has 0 aromatic heterocycles. The predicted octanol–water partition coefficient (Wildman–Crippen LogP) is 4.09. The van der Waals surface area contributed by atoms with Crippen molar-refractivity contribution in [2.75, 3.05) is 11.9 Å². The molecule has 0 aliphatic carbocycles. The second-order valence-corrected chi connectivity index (χ2v) is 6.32. The molecule has 1 aliphatic heterocycles. The summed E-state index contributed by atoms with van der Waals surface area (Å²) >= 11 is 3.57. The standard InChI is InChI=1S/C17H24BrNO/c1-14-7-4-5-8-15(14)10-11-17(20)19-12-6-2-3-9-16(19)13-18/h4-5,7-8,16H,2-3,6,9-13H2,1H3. The van der Waals surface area contributed by atoms with Crippen molar-refractivity contribution in [2.24, 2.45) is 0 Å². The van der Waals surface area contributed by atoms with Gasteiger partial charge in [0.15, 0.2) is 0 Å². The van der Waals surface area contributed by atoms with Crippen molar-refractivity contribution in [2.45, 2.75) is 51.5 Å². The fourth-order valence-corrected chi connectivity index (χ4v) is 3.62. The van der Waals surface area contributed by atoms with Crippen LogP contribution >= 0.6 is 15.9 Å². The van der Waals surface area contributed by atoms with Crippen molar-refractivity contribution in [3.8, 4) is 0 Å². The first-order valence-corrected chi connectivity index (χ1v) is 8.74. The number of nitrogens with zero attached hydrogens (tertiary/aromatic N) is 1. The van der Waals surface area contributed by atoms with Crippen LogP contribution in [0.15, 0.2) is 24.3 Å². The first-order valence-electron chi connectivity index (χ1n) is 7.62. The number of benzene rings is 1. The fourth-order valence-electron chi connectivity index (χ4n) is 2.94. The minimum absolute atomic E-state index is 0.319. The predicted molar refractivity (Wildman–Crippen MR) is 87.3 cm³/mol. The van der Waals surface area contributed by atoms with Crippen molar-refractivity contribution in [1.82, 2.24) is 4.90 Å². The van der Waals surface area contributed by atoms with Crippen LogP contribution in [0.4, 0.5) is 0 Å². The smallest absolute Gasteiger partial charge is 0.223 e. The number of aryl methyl sites for hydroxylation is 2. The number of halogens is 1. The second kappa shape index (κ2) is 7.82. The van der Waals surface area contributed by atoms with Crippen LogP contribution in [0.2, 0.25) is 0 Å². The number of likely N-dealkylation sites (tertiary alicyclic amines) is 1. The lowest BCUT2D eigenvalue weighted by atomic mass is 10.0. The van der Waals surface area contributed by atoms with Crippen LogP contribution in [0.5, 0.6) is 0 Å². The van der Waals surface area contributed by atoms with Crippen LogP contribution in [-0.4, -0.2) is 28.7 Å². The number of alkyl halides is 1. The Bertz CT molecular complexity index is 446. The van der Waals surface area contributed by atoms with Gasteiger partial charge in [-0.1, -0.05) is 53.0 Å². The van der Waals surface area contributed by atoms with Crippen molar-refractivity contribution >= 4 is 21.8 Å². The molecule has 3 heteroatoms. The highest BCUT2D eigenvalue weighted by Gasteiger charge is 2.24. The quantitative estimate of drug-likeness (QED) is 0.757.